The fraction of sp³-hybridized carbons (Fsp3) is 0.0952. The van der Waals surface area contributed by atoms with E-state index in [1.807, 2.05) is 47.2 Å². The normalized spacial score (nSPS) is 11.6. The zero-order valence-electron chi connectivity index (χ0n) is 14.9. The van der Waals surface area contributed by atoms with Crippen LogP contribution in [0, 0.1) is 0 Å². The zero-order chi connectivity index (χ0) is 19.4. The van der Waals surface area contributed by atoms with Crippen LogP contribution in [0.1, 0.15) is 15.4 Å². The molecule has 2 heterocycles. The molecular formula is C21H18N2O2S3. The molecule has 0 aliphatic rings. The highest BCUT2D eigenvalue weighted by Crippen LogP contribution is 2.25. The van der Waals surface area contributed by atoms with Crippen LogP contribution in [-0.2, 0) is 23.0 Å². The minimum Gasteiger partial charge on any atom is -0.241 e. The largest absolute Gasteiger partial charge is 0.241 e. The first kappa shape index (κ1) is 19.0. The Hall–Kier alpha value is -2.32. The Labute approximate surface area is 172 Å². The molecule has 0 saturated heterocycles. The van der Waals surface area contributed by atoms with Crippen molar-refractivity contribution < 1.29 is 8.42 Å². The van der Waals surface area contributed by atoms with Gasteiger partial charge in [0, 0.05) is 28.8 Å². The Morgan fingerprint density at radius 3 is 2.57 bits per heavy atom. The molecule has 0 bridgehead atoms. The van der Waals surface area contributed by atoms with Gasteiger partial charge in [0.15, 0.2) is 0 Å². The highest BCUT2D eigenvalue weighted by Gasteiger charge is 2.15. The van der Waals surface area contributed by atoms with Crippen LogP contribution < -0.4 is 4.72 Å². The Balaban J connectivity index is 1.52. The first-order valence-electron chi connectivity index (χ1n) is 8.71. The summed E-state index contributed by atoms with van der Waals surface area (Å²) in [7, 11) is -3.58. The molecule has 0 aliphatic heterocycles. The van der Waals surface area contributed by atoms with Gasteiger partial charge < -0.3 is 0 Å². The number of thiophene rings is 1. The molecule has 28 heavy (non-hydrogen) atoms. The minimum atomic E-state index is -3.58. The van der Waals surface area contributed by atoms with Crippen molar-refractivity contribution in [3.05, 3.63) is 92.9 Å². The molecule has 0 aliphatic carbocycles. The van der Waals surface area contributed by atoms with Crippen molar-refractivity contribution in [3.8, 4) is 11.3 Å². The molecule has 0 unspecified atom stereocenters. The summed E-state index contributed by atoms with van der Waals surface area (Å²) in [5.74, 6) is 0. The lowest BCUT2D eigenvalue weighted by molar-refractivity contribution is 0.582. The monoisotopic (exact) mass is 426 g/mol. The fourth-order valence-electron chi connectivity index (χ4n) is 2.78. The number of thiazole rings is 1. The van der Waals surface area contributed by atoms with Gasteiger partial charge in [-0.05, 0) is 29.1 Å². The second-order valence-corrected chi connectivity index (χ2v) is 9.96. The number of hydrogen-bond donors (Lipinski definition) is 1. The van der Waals surface area contributed by atoms with Crippen molar-refractivity contribution in [2.75, 3.05) is 0 Å². The molecule has 0 spiro atoms. The van der Waals surface area contributed by atoms with Crippen LogP contribution in [0.3, 0.4) is 0 Å². The van der Waals surface area contributed by atoms with E-state index in [-0.39, 0.29) is 4.90 Å². The van der Waals surface area contributed by atoms with Gasteiger partial charge in [-0.15, -0.1) is 22.7 Å². The zero-order valence-corrected chi connectivity index (χ0v) is 17.4. The molecule has 0 atom stereocenters. The Morgan fingerprint density at radius 1 is 0.929 bits per heavy atom. The Morgan fingerprint density at radius 2 is 1.79 bits per heavy atom. The Bertz CT molecular complexity index is 1150. The highest BCUT2D eigenvalue weighted by atomic mass is 32.2. The van der Waals surface area contributed by atoms with Gasteiger partial charge in [-0.3, -0.25) is 0 Å². The van der Waals surface area contributed by atoms with Crippen LogP contribution in [0.5, 0.6) is 0 Å². The molecule has 1 N–H and O–H groups in total. The van der Waals surface area contributed by atoms with Gasteiger partial charge in [-0.25, -0.2) is 18.1 Å². The number of nitrogens with zero attached hydrogens (tertiary/aromatic N) is 1. The van der Waals surface area contributed by atoms with Crippen molar-refractivity contribution in [2.24, 2.45) is 0 Å². The third-order valence-corrected chi connectivity index (χ3v) is 7.33. The average Bonchev–Trinajstić information content (AvgIpc) is 3.40. The summed E-state index contributed by atoms with van der Waals surface area (Å²) in [5, 5.41) is 4.91. The maximum atomic E-state index is 12.6. The van der Waals surface area contributed by atoms with E-state index in [9.17, 15) is 8.42 Å². The number of nitrogens with one attached hydrogen (secondary N) is 1. The minimum absolute atomic E-state index is 0.249. The standard InChI is InChI=1S/C21H18N2O2S3/c24-28(25,22-14-18-9-5-11-26-18)19-10-4-8-17(13-19)20-15-27-21(23-20)12-16-6-2-1-3-7-16/h1-11,13,15,22H,12,14H2. The number of benzene rings is 2. The number of hydrogen-bond acceptors (Lipinski definition) is 5. The van der Waals surface area contributed by atoms with Crippen molar-refractivity contribution in [3.63, 3.8) is 0 Å². The van der Waals surface area contributed by atoms with E-state index in [0.717, 1.165) is 27.6 Å². The van der Waals surface area contributed by atoms with Crippen LogP contribution in [0.15, 0.2) is 82.4 Å². The van der Waals surface area contributed by atoms with E-state index < -0.39 is 10.0 Å². The number of sulfonamides is 1. The molecule has 2 aromatic heterocycles. The number of aromatic nitrogens is 1. The maximum absolute atomic E-state index is 12.6. The van der Waals surface area contributed by atoms with E-state index in [0.29, 0.717) is 6.54 Å². The second-order valence-electron chi connectivity index (χ2n) is 6.22. The van der Waals surface area contributed by atoms with Crippen LogP contribution >= 0.6 is 22.7 Å². The van der Waals surface area contributed by atoms with Gasteiger partial charge in [-0.1, -0.05) is 48.5 Å². The summed E-state index contributed by atoms with van der Waals surface area (Å²) < 4.78 is 27.9. The van der Waals surface area contributed by atoms with Gasteiger partial charge in [0.2, 0.25) is 10.0 Å². The maximum Gasteiger partial charge on any atom is 0.240 e. The van der Waals surface area contributed by atoms with Gasteiger partial charge in [0.25, 0.3) is 0 Å². The van der Waals surface area contributed by atoms with Gasteiger partial charge in [-0.2, -0.15) is 0 Å². The average molecular weight is 427 g/mol. The Kier molecular flexibility index (Phi) is 5.68. The molecule has 4 nitrogen and oxygen atoms in total. The SMILES string of the molecule is O=S(=O)(NCc1cccs1)c1cccc(-c2csc(Cc3ccccc3)n2)c1. The highest BCUT2D eigenvalue weighted by molar-refractivity contribution is 7.89. The molecule has 0 saturated carbocycles. The van der Waals surface area contributed by atoms with Gasteiger partial charge >= 0.3 is 0 Å². The van der Waals surface area contributed by atoms with Crippen molar-refractivity contribution in [1.29, 1.82) is 0 Å². The molecule has 0 radical (unpaired) electrons. The third-order valence-electron chi connectivity index (χ3n) is 4.21. The quantitative estimate of drug-likeness (QED) is 0.455. The topological polar surface area (TPSA) is 59.1 Å². The van der Waals surface area contributed by atoms with Crippen LogP contribution in [0.25, 0.3) is 11.3 Å². The molecule has 4 rings (SSSR count). The second kappa shape index (κ2) is 8.36. The van der Waals surface area contributed by atoms with Crippen molar-refractivity contribution in [2.45, 2.75) is 17.9 Å². The predicted octanol–water partition coefficient (Wildman–Crippen LogP) is 4.94. The van der Waals surface area contributed by atoms with Crippen molar-refractivity contribution in [1.82, 2.24) is 9.71 Å². The number of rotatable bonds is 7. The molecule has 4 aromatic rings. The first-order chi connectivity index (χ1) is 13.6. The fourth-order valence-corrected chi connectivity index (χ4v) is 5.41. The van der Waals surface area contributed by atoms with Gasteiger partial charge in [0.1, 0.15) is 0 Å². The summed E-state index contributed by atoms with van der Waals surface area (Å²) in [6.45, 7) is 0.294. The van der Waals surface area contributed by atoms with Crippen LogP contribution in [0.4, 0.5) is 0 Å². The van der Waals surface area contributed by atoms with Crippen LogP contribution in [-0.4, -0.2) is 13.4 Å². The van der Waals surface area contributed by atoms with E-state index in [4.69, 9.17) is 4.98 Å². The molecule has 7 heteroatoms. The molecule has 142 valence electrons. The van der Waals surface area contributed by atoms with Crippen molar-refractivity contribution >= 4 is 32.7 Å². The third kappa shape index (κ3) is 4.56. The summed E-state index contributed by atoms with van der Waals surface area (Å²) in [4.78, 5) is 5.92. The van der Waals surface area contributed by atoms with E-state index in [1.54, 1.807) is 29.5 Å². The van der Waals surface area contributed by atoms with E-state index >= 15 is 0 Å². The predicted molar refractivity (Wildman–Crippen MR) is 115 cm³/mol. The van der Waals surface area contributed by atoms with Crippen LogP contribution in [0.2, 0.25) is 0 Å². The summed E-state index contributed by atoms with van der Waals surface area (Å²) in [5.41, 5.74) is 2.80. The molecule has 2 aromatic carbocycles. The summed E-state index contributed by atoms with van der Waals surface area (Å²) >= 11 is 3.11. The van der Waals surface area contributed by atoms with E-state index in [1.165, 1.54) is 16.9 Å². The molecule has 0 fully saturated rings. The lowest BCUT2D eigenvalue weighted by Gasteiger charge is -2.07. The van der Waals surface area contributed by atoms with E-state index in [2.05, 4.69) is 16.9 Å². The molecule has 0 amide bonds. The molecular weight excluding hydrogens is 408 g/mol. The first-order valence-corrected chi connectivity index (χ1v) is 12.0. The van der Waals surface area contributed by atoms with Gasteiger partial charge in [0.05, 0.1) is 15.6 Å². The summed E-state index contributed by atoms with van der Waals surface area (Å²) in [6.07, 6.45) is 0.770. The summed E-state index contributed by atoms with van der Waals surface area (Å²) in [6, 6.07) is 20.9. The smallest absolute Gasteiger partial charge is 0.240 e. The lowest BCUT2D eigenvalue weighted by atomic mass is 10.1. The lowest BCUT2D eigenvalue weighted by Crippen LogP contribution is -2.22.